The number of fused-ring (bicyclic) bond motifs is 1. The van der Waals surface area contributed by atoms with E-state index in [4.69, 9.17) is 5.26 Å². The summed E-state index contributed by atoms with van der Waals surface area (Å²) in [6.45, 7) is 2.06. The predicted octanol–water partition coefficient (Wildman–Crippen LogP) is 2.71. The Morgan fingerprint density at radius 1 is 1.31 bits per heavy atom. The van der Waals surface area contributed by atoms with Crippen molar-refractivity contribution in [3.05, 3.63) is 35.4 Å². The van der Waals surface area contributed by atoms with Gasteiger partial charge in [-0.2, -0.15) is 5.26 Å². The minimum absolute atomic E-state index is 0.131. The monoisotopic (exact) mass is 171 g/mol. The Balaban J connectivity index is 2.36. The molecule has 13 heavy (non-hydrogen) atoms. The SMILES string of the molecule is CC1(C#N)CCc2ccccc2C1. The molecule has 0 N–H and O–H groups in total. The minimum Gasteiger partial charge on any atom is -0.198 e. The van der Waals surface area contributed by atoms with Crippen molar-refractivity contribution in [2.75, 3.05) is 0 Å². The third kappa shape index (κ3) is 1.45. The van der Waals surface area contributed by atoms with Crippen molar-refractivity contribution in [3.63, 3.8) is 0 Å². The molecule has 1 aliphatic rings. The van der Waals surface area contributed by atoms with E-state index in [2.05, 4.69) is 37.3 Å². The van der Waals surface area contributed by atoms with Crippen molar-refractivity contribution in [2.24, 2.45) is 5.41 Å². The molecule has 0 amide bonds. The van der Waals surface area contributed by atoms with E-state index in [0.717, 1.165) is 19.3 Å². The van der Waals surface area contributed by atoms with Crippen LogP contribution in [-0.2, 0) is 12.8 Å². The van der Waals surface area contributed by atoms with Crippen LogP contribution in [0.25, 0.3) is 0 Å². The maximum atomic E-state index is 9.03. The molecule has 0 spiro atoms. The van der Waals surface area contributed by atoms with Crippen LogP contribution in [-0.4, -0.2) is 0 Å². The lowest BCUT2D eigenvalue weighted by Crippen LogP contribution is -2.23. The number of nitrogens with zero attached hydrogens (tertiary/aromatic N) is 1. The van der Waals surface area contributed by atoms with Gasteiger partial charge in [-0.15, -0.1) is 0 Å². The van der Waals surface area contributed by atoms with E-state index in [0.29, 0.717) is 0 Å². The van der Waals surface area contributed by atoms with E-state index in [9.17, 15) is 0 Å². The fraction of sp³-hybridized carbons (Fsp3) is 0.417. The molecule has 1 aromatic carbocycles. The number of nitriles is 1. The molecule has 1 heteroatoms. The molecule has 0 saturated heterocycles. The second-order valence-corrected chi connectivity index (χ2v) is 4.12. The Hall–Kier alpha value is -1.29. The topological polar surface area (TPSA) is 23.8 Å². The number of hydrogen-bond donors (Lipinski definition) is 0. The van der Waals surface area contributed by atoms with Crippen molar-refractivity contribution < 1.29 is 0 Å². The molecular weight excluding hydrogens is 158 g/mol. The van der Waals surface area contributed by atoms with Crippen molar-refractivity contribution in [2.45, 2.75) is 26.2 Å². The van der Waals surface area contributed by atoms with Gasteiger partial charge in [0.1, 0.15) is 0 Å². The standard InChI is InChI=1S/C12H13N/c1-12(9-13)7-6-10-4-2-3-5-11(10)8-12/h2-5H,6-8H2,1H3. The van der Waals surface area contributed by atoms with Gasteiger partial charge in [0.2, 0.25) is 0 Å². The highest BCUT2D eigenvalue weighted by Crippen LogP contribution is 2.34. The van der Waals surface area contributed by atoms with Crippen LogP contribution < -0.4 is 0 Å². The number of rotatable bonds is 0. The highest BCUT2D eigenvalue weighted by molar-refractivity contribution is 5.32. The van der Waals surface area contributed by atoms with E-state index >= 15 is 0 Å². The largest absolute Gasteiger partial charge is 0.198 e. The summed E-state index contributed by atoms with van der Waals surface area (Å²) in [6, 6.07) is 10.9. The molecular formula is C12H13N. The first kappa shape index (κ1) is 8.31. The highest BCUT2D eigenvalue weighted by Gasteiger charge is 2.29. The normalized spacial score (nSPS) is 26.2. The molecule has 1 aliphatic carbocycles. The lowest BCUT2D eigenvalue weighted by atomic mass is 9.74. The smallest absolute Gasteiger partial charge is 0.0690 e. The van der Waals surface area contributed by atoms with E-state index in [1.807, 2.05) is 0 Å². The third-order valence-corrected chi connectivity index (χ3v) is 2.92. The first-order chi connectivity index (χ1) is 6.23. The zero-order valence-electron chi connectivity index (χ0n) is 7.88. The molecule has 66 valence electrons. The highest BCUT2D eigenvalue weighted by atomic mass is 14.4. The van der Waals surface area contributed by atoms with Gasteiger partial charge < -0.3 is 0 Å². The molecule has 1 nitrogen and oxygen atoms in total. The van der Waals surface area contributed by atoms with E-state index in [1.54, 1.807) is 0 Å². The van der Waals surface area contributed by atoms with E-state index in [-0.39, 0.29) is 5.41 Å². The Kier molecular flexibility index (Phi) is 1.84. The van der Waals surface area contributed by atoms with Gasteiger partial charge in [-0.3, -0.25) is 0 Å². The third-order valence-electron chi connectivity index (χ3n) is 2.92. The summed E-state index contributed by atoms with van der Waals surface area (Å²) in [5.41, 5.74) is 2.65. The number of benzene rings is 1. The van der Waals surface area contributed by atoms with Crippen molar-refractivity contribution >= 4 is 0 Å². The van der Waals surface area contributed by atoms with E-state index < -0.39 is 0 Å². The lowest BCUT2D eigenvalue weighted by Gasteiger charge is -2.28. The Morgan fingerprint density at radius 2 is 2.00 bits per heavy atom. The molecule has 0 fully saturated rings. The van der Waals surface area contributed by atoms with Crippen LogP contribution in [0.1, 0.15) is 24.5 Å². The van der Waals surface area contributed by atoms with Gasteiger partial charge in [-0.25, -0.2) is 0 Å². The molecule has 1 atom stereocenters. The van der Waals surface area contributed by atoms with Gasteiger partial charge in [-0.1, -0.05) is 24.3 Å². The predicted molar refractivity (Wildman–Crippen MR) is 52.2 cm³/mol. The second kappa shape index (κ2) is 2.88. The van der Waals surface area contributed by atoms with Crippen LogP contribution in [0.4, 0.5) is 0 Å². The summed E-state index contributed by atoms with van der Waals surface area (Å²) in [5.74, 6) is 0. The van der Waals surface area contributed by atoms with Gasteiger partial charge >= 0.3 is 0 Å². The summed E-state index contributed by atoms with van der Waals surface area (Å²) < 4.78 is 0. The zero-order valence-corrected chi connectivity index (χ0v) is 7.88. The van der Waals surface area contributed by atoms with Crippen molar-refractivity contribution in [1.29, 1.82) is 5.26 Å². The molecule has 0 heterocycles. The van der Waals surface area contributed by atoms with Crippen LogP contribution in [0, 0.1) is 16.7 Å². The van der Waals surface area contributed by atoms with Crippen LogP contribution >= 0.6 is 0 Å². The average molecular weight is 171 g/mol. The van der Waals surface area contributed by atoms with E-state index in [1.165, 1.54) is 11.1 Å². The average Bonchev–Trinajstić information content (AvgIpc) is 2.18. The Morgan fingerprint density at radius 3 is 2.69 bits per heavy atom. The quantitative estimate of drug-likeness (QED) is 0.588. The summed E-state index contributed by atoms with van der Waals surface area (Å²) in [7, 11) is 0. The fourth-order valence-electron chi connectivity index (χ4n) is 1.99. The van der Waals surface area contributed by atoms with Gasteiger partial charge in [-0.05, 0) is 37.3 Å². The lowest BCUT2D eigenvalue weighted by molar-refractivity contribution is 0.381. The molecule has 1 unspecified atom stereocenters. The van der Waals surface area contributed by atoms with Gasteiger partial charge in [0, 0.05) is 0 Å². The maximum Gasteiger partial charge on any atom is 0.0690 e. The summed E-state index contributed by atoms with van der Waals surface area (Å²) in [5, 5.41) is 9.03. The molecule has 0 saturated carbocycles. The maximum absolute atomic E-state index is 9.03. The Labute approximate surface area is 79.0 Å². The molecule has 1 aromatic rings. The first-order valence-corrected chi connectivity index (χ1v) is 4.72. The first-order valence-electron chi connectivity index (χ1n) is 4.72. The molecule has 0 radical (unpaired) electrons. The minimum atomic E-state index is -0.131. The molecule has 2 rings (SSSR count). The number of aryl methyl sites for hydroxylation is 1. The Bertz CT molecular complexity index is 362. The summed E-state index contributed by atoms with van der Waals surface area (Å²) >= 11 is 0. The molecule has 0 aromatic heterocycles. The van der Waals surface area contributed by atoms with Crippen LogP contribution in [0.3, 0.4) is 0 Å². The van der Waals surface area contributed by atoms with Crippen molar-refractivity contribution in [3.8, 4) is 6.07 Å². The van der Waals surface area contributed by atoms with Gasteiger partial charge in [0.05, 0.1) is 11.5 Å². The summed E-state index contributed by atoms with van der Waals surface area (Å²) in [4.78, 5) is 0. The van der Waals surface area contributed by atoms with Crippen LogP contribution in [0.2, 0.25) is 0 Å². The van der Waals surface area contributed by atoms with Gasteiger partial charge in [0.15, 0.2) is 0 Å². The molecule has 0 bridgehead atoms. The fourth-order valence-corrected chi connectivity index (χ4v) is 1.99. The van der Waals surface area contributed by atoms with Crippen LogP contribution in [0.5, 0.6) is 0 Å². The second-order valence-electron chi connectivity index (χ2n) is 4.12. The van der Waals surface area contributed by atoms with Crippen LogP contribution in [0.15, 0.2) is 24.3 Å². The molecule has 0 aliphatic heterocycles. The van der Waals surface area contributed by atoms with Crippen molar-refractivity contribution in [1.82, 2.24) is 0 Å². The zero-order chi connectivity index (χ0) is 9.31. The number of hydrogen-bond acceptors (Lipinski definition) is 1. The van der Waals surface area contributed by atoms with Gasteiger partial charge in [0.25, 0.3) is 0 Å². The summed E-state index contributed by atoms with van der Waals surface area (Å²) in [6.07, 6.45) is 2.97.